The summed E-state index contributed by atoms with van der Waals surface area (Å²) in [5.74, 6) is -0.127. The van der Waals surface area contributed by atoms with Gasteiger partial charge in [-0.3, -0.25) is 9.52 Å². The summed E-state index contributed by atoms with van der Waals surface area (Å²) >= 11 is 0. The molecule has 1 aliphatic heterocycles. The maximum absolute atomic E-state index is 12.7. The molecule has 0 aromatic heterocycles. The minimum atomic E-state index is -3.73. The van der Waals surface area contributed by atoms with Gasteiger partial charge in [-0.25, -0.2) is 8.42 Å². The molecule has 3 rings (SSSR count). The highest BCUT2D eigenvalue weighted by Crippen LogP contribution is 2.22. The van der Waals surface area contributed by atoms with Crippen LogP contribution in [0.4, 0.5) is 5.69 Å². The number of ether oxygens (including phenoxy) is 1. The molecule has 0 saturated carbocycles. The summed E-state index contributed by atoms with van der Waals surface area (Å²) in [6.45, 7) is 7.17. The maximum atomic E-state index is 12.7. The minimum absolute atomic E-state index is 0.00565. The first-order chi connectivity index (χ1) is 12.8. The van der Waals surface area contributed by atoms with E-state index >= 15 is 0 Å². The van der Waals surface area contributed by atoms with Gasteiger partial charge in [0.25, 0.3) is 15.9 Å². The molecule has 1 atom stereocenters. The fraction of sp³-hybridized carbons (Fsp3) is 0.350. The zero-order chi connectivity index (χ0) is 19.6. The number of anilines is 1. The average Bonchev–Trinajstić information content (AvgIpc) is 2.60. The van der Waals surface area contributed by atoms with Gasteiger partial charge in [0.05, 0.1) is 17.6 Å². The first-order valence-corrected chi connectivity index (χ1v) is 10.4. The van der Waals surface area contributed by atoms with Crippen LogP contribution in [-0.4, -0.2) is 45.0 Å². The number of nitrogens with one attached hydrogen (secondary N) is 1. The van der Waals surface area contributed by atoms with Crippen molar-refractivity contribution in [2.45, 2.75) is 31.8 Å². The van der Waals surface area contributed by atoms with E-state index in [9.17, 15) is 13.2 Å². The van der Waals surface area contributed by atoms with Gasteiger partial charge in [-0.2, -0.15) is 0 Å². The van der Waals surface area contributed by atoms with Crippen LogP contribution in [0, 0.1) is 13.8 Å². The van der Waals surface area contributed by atoms with E-state index in [4.69, 9.17) is 4.74 Å². The van der Waals surface area contributed by atoms with Gasteiger partial charge in [-0.1, -0.05) is 23.8 Å². The van der Waals surface area contributed by atoms with Crippen molar-refractivity contribution in [3.63, 3.8) is 0 Å². The van der Waals surface area contributed by atoms with Crippen LogP contribution < -0.4 is 4.72 Å². The molecule has 1 saturated heterocycles. The summed E-state index contributed by atoms with van der Waals surface area (Å²) in [5.41, 5.74) is 2.49. The Kier molecular flexibility index (Phi) is 5.53. The third-order valence-corrected chi connectivity index (χ3v) is 6.05. The van der Waals surface area contributed by atoms with Crippen molar-refractivity contribution >= 4 is 21.6 Å². The molecule has 1 N–H and O–H groups in total. The zero-order valence-corrected chi connectivity index (χ0v) is 16.5. The Morgan fingerprint density at radius 3 is 2.67 bits per heavy atom. The van der Waals surface area contributed by atoms with E-state index in [0.29, 0.717) is 36.5 Å². The number of nitrogens with zero attached hydrogens (tertiary/aromatic N) is 1. The van der Waals surface area contributed by atoms with E-state index in [2.05, 4.69) is 4.72 Å². The Bertz CT molecular complexity index is 956. The Hall–Kier alpha value is -2.38. The fourth-order valence-corrected chi connectivity index (χ4v) is 4.49. The van der Waals surface area contributed by atoms with E-state index in [1.54, 1.807) is 48.2 Å². The van der Waals surface area contributed by atoms with Crippen molar-refractivity contribution in [3.05, 3.63) is 59.2 Å². The average molecular weight is 388 g/mol. The van der Waals surface area contributed by atoms with Crippen LogP contribution in [0.1, 0.15) is 28.4 Å². The lowest BCUT2D eigenvalue weighted by Gasteiger charge is -2.31. The smallest absolute Gasteiger partial charge is 0.262 e. The van der Waals surface area contributed by atoms with Gasteiger partial charge in [0.15, 0.2) is 0 Å². The Balaban J connectivity index is 1.82. The molecule has 7 heteroatoms. The topological polar surface area (TPSA) is 75.7 Å². The van der Waals surface area contributed by atoms with Gasteiger partial charge < -0.3 is 9.64 Å². The van der Waals surface area contributed by atoms with Crippen molar-refractivity contribution in [3.8, 4) is 0 Å². The lowest BCUT2D eigenvalue weighted by molar-refractivity contribution is -0.0124. The second-order valence-electron chi connectivity index (χ2n) is 6.89. The van der Waals surface area contributed by atoms with Gasteiger partial charge in [0.2, 0.25) is 0 Å². The zero-order valence-electron chi connectivity index (χ0n) is 15.7. The standard InChI is InChI=1S/C20H24N2O4S/c1-14-7-8-19(15(2)11-14)27(24,25)21-18-6-4-5-17(12-18)20(23)22-9-10-26-16(3)13-22/h4-8,11-12,16,21H,9-10,13H2,1-3H3. The molecule has 0 spiro atoms. The molecule has 0 aliphatic carbocycles. The van der Waals surface area contributed by atoms with Gasteiger partial charge in [-0.05, 0) is 50.6 Å². The Morgan fingerprint density at radius 1 is 1.19 bits per heavy atom. The van der Waals surface area contributed by atoms with Crippen molar-refractivity contribution in [2.75, 3.05) is 24.4 Å². The van der Waals surface area contributed by atoms with E-state index in [1.807, 2.05) is 19.9 Å². The summed E-state index contributed by atoms with van der Waals surface area (Å²) in [4.78, 5) is 14.7. The predicted molar refractivity (Wildman–Crippen MR) is 104 cm³/mol. The van der Waals surface area contributed by atoms with Crippen LogP contribution in [0.2, 0.25) is 0 Å². The molecule has 1 amide bonds. The molecular weight excluding hydrogens is 364 g/mol. The van der Waals surface area contributed by atoms with Crippen LogP contribution in [0.15, 0.2) is 47.4 Å². The minimum Gasteiger partial charge on any atom is -0.375 e. The first-order valence-electron chi connectivity index (χ1n) is 8.87. The number of morpholine rings is 1. The summed E-state index contributed by atoms with van der Waals surface area (Å²) in [6, 6.07) is 11.8. The Morgan fingerprint density at radius 2 is 1.96 bits per heavy atom. The number of carbonyl (C=O) groups excluding carboxylic acids is 1. The number of amides is 1. The highest BCUT2D eigenvalue weighted by Gasteiger charge is 2.23. The molecule has 1 heterocycles. The maximum Gasteiger partial charge on any atom is 0.262 e. The lowest BCUT2D eigenvalue weighted by Crippen LogP contribution is -2.44. The number of hydrogen-bond donors (Lipinski definition) is 1. The molecule has 0 bridgehead atoms. The van der Waals surface area contributed by atoms with Gasteiger partial charge >= 0.3 is 0 Å². The van der Waals surface area contributed by atoms with Crippen LogP contribution in [0.5, 0.6) is 0 Å². The second kappa shape index (κ2) is 7.70. The van der Waals surface area contributed by atoms with Crippen LogP contribution in [-0.2, 0) is 14.8 Å². The Labute approximate surface area is 160 Å². The number of benzene rings is 2. The third-order valence-electron chi connectivity index (χ3n) is 4.51. The number of sulfonamides is 1. The van der Waals surface area contributed by atoms with Crippen LogP contribution in [0.25, 0.3) is 0 Å². The second-order valence-corrected chi connectivity index (χ2v) is 8.54. The number of hydrogen-bond acceptors (Lipinski definition) is 4. The van der Waals surface area contributed by atoms with Crippen molar-refractivity contribution in [1.82, 2.24) is 4.90 Å². The molecule has 1 unspecified atom stereocenters. The quantitative estimate of drug-likeness (QED) is 0.874. The van der Waals surface area contributed by atoms with Crippen molar-refractivity contribution < 1.29 is 17.9 Å². The lowest BCUT2D eigenvalue weighted by atomic mass is 10.1. The van der Waals surface area contributed by atoms with E-state index in [-0.39, 0.29) is 16.9 Å². The summed E-state index contributed by atoms with van der Waals surface area (Å²) in [5, 5.41) is 0. The molecule has 144 valence electrons. The normalized spacial score (nSPS) is 17.6. The van der Waals surface area contributed by atoms with E-state index < -0.39 is 10.0 Å². The third kappa shape index (κ3) is 4.48. The monoisotopic (exact) mass is 388 g/mol. The highest BCUT2D eigenvalue weighted by atomic mass is 32.2. The molecule has 27 heavy (non-hydrogen) atoms. The molecular formula is C20H24N2O4S. The SMILES string of the molecule is Cc1ccc(S(=O)(=O)Nc2cccc(C(=O)N3CCOC(C)C3)c2)c(C)c1. The summed E-state index contributed by atoms with van der Waals surface area (Å²) in [7, 11) is -3.73. The van der Waals surface area contributed by atoms with Gasteiger partial charge in [0, 0.05) is 24.3 Å². The molecule has 2 aromatic carbocycles. The number of carbonyl (C=O) groups is 1. The van der Waals surface area contributed by atoms with Gasteiger partial charge in [-0.15, -0.1) is 0 Å². The van der Waals surface area contributed by atoms with E-state index in [0.717, 1.165) is 5.56 Å². The highest BCUT2D eigenvalue weighted by molar-refractivity contribution is 7.92. The first kappa shape index (κ1) is 19.4. The fourth-order valence-electron chi connectivity index (χ4n) is 3.21. The molecule has 1 fully saturated rings. The number of rotatable bonds is 4. The van der Waals surface area contributed by atoms with Crippen LogP contribution >= 0.6 is 0 Å². The van der Waals surface area contributed by atoms with Crippen LogP contribution in [0.3, 0.4) is 0 Å². The predicted octanol–water partition coefficient (Wildman–Crippen LogP) is 2.97. The van der Waals surface area contributed by atoms with Gasteiger partial charge in [0.1, 0.15) is 0 Å². The summed E-state index contributed by atoms with van der Waals surface area (Å²) < 4.78 is 33.5. The molecule has 2 aromatic rings. The summed E-state index contributed by atoms with van der Waals surface area (Å²) in [6.07, 6.45) is -0.00565. The largest absolute Gasteiger partial charge is 0.375 e. The number of aryl methyl sites for hydroxylation is 2. The van der Waals surface area contributed by atoms with Crippen molar-refractivity contribution in [2.24, 2.45) is 0 Å². The molecule has 1 aliphatic rings. The molecule has 0 radical (unpaired) electrons. The molecule has 6 nitrogen and oxygen atoms in total. The van der Waals surface area contributed by atoms with E-state index in [1.165, 1.54) is 0 Å². The van der Waals surface area contributed by atoms with Crippen molar-refractivity contribution in [1.29, 1.82) is 0 Å².